The fourth-order valence-corrected chi connectivity index (χ4v) is 1.63. The second-order valence-corrected chi connectivity index (χ2v) is 4.00. The van der Waals surface area contributed by atoms with Crippen LogP contribution in [0.5, 0.6) is 0 Å². The lowest BCUT2D eigenvalue weighted by Gasteiger charge is -1.97. The second kappa shape index (κ2) is 9.00. The summed E-state index contributed by atoms with van der Waals surface area (Å²) in [7, 11) is -6.00. The zero-order chi connectivity index (χ0) is 14.0. The Morgan fingerprint density at radius 1 is 1.11 bits per heavy atom. The van der Waals surface area contributed by atoms with E-state index in [0.29, 0.717) is 0 Å². The van der Waals surface area contributed by atoms with E-state index in [0.717, 1.165) is 6.54 Å². The summed E-state index contributed by atoms with van der Waals surface area (Å²) in [5.74, 6) is 1.37. The molecule has 0 fully saturated rings. The molecular weight excluding hydrogens is 247 g/mol. The zero-order valence-corrected chi connectivity index (χ0v) is 10.9. The van der Waals surface area contributed by atoms with Crippen molar-refractivity contribution in [3.05, 3.63) is 18.2 Å². The maximum atomic E-state index is 9.75. The third-order valence-electron chi connectivity index (χ3n) is 2.46. The monoisotopic (exact) mass is 268 g/mol. The smallest absolute Gasteiger partial charge is 0.418 e. The lowest BCUT2D eigenvalue weighted by Crippen LogP contribution is -2.34. The summed E-state index contributed by atoms with van der Waals surface area (Å²) < 4.78 is 41.3. The van der Waals surface area contributed by atoms with Crippen molar-refractivity contribution in [3.8, 4) is 0 Å². The zero-order valence-electron chi connectivity index (χ0n) is 10.9. The number of nitrogens with zero attached hydrogens (tertiary/aromatic N) is 1. The van der Waals surface area contributed by atoms with Crippen molar-refractivity contribution in [2.75, 3.05) is 0 Å². The minimum Gasteiger partial charge on any atom is -0.418 e. The molecular formula is C11H21BF4N2. The topological polar surface area (TPSA) is 19.7 Å². The maximum absolute atomic E-state index is 9.75. The molecule has 0 spiro atoms. The van der Waals surface area contributed by atoms with Crippen molar-refractivity contribution in [2.45, 2.75) is 52.5 Å². The van der Waals surface area contributed by atoms with Crippen LogP contribution >= 0.6 is 0 Å². The number of hydrogen-bond acceptors (Lipinski definition) is 0. The normalized spacial score (nSPS) is 11.0. The number of H-pyrrole nitrogens is 1. The molecule has 0 unspecified atom stereocenters. The molecule has 7 heteroatoms. The van der Waals surface area contributed by atoms with Crippen LogP contribution in [0.1, 0.15) is 45.4 Å². The van der Waals surface area contributed by atoms with Gasteiger partial charge in [-0.25, -0.2) is 9.55 Å². The van der Waals surface area contributed by atoms with Gasteiger partial charge in [0.05, 0.1) is 6.54 Å². The van der Waals surface area contributed by atoms with E-state index >= 15 is 0 Å². The highest BCUT2D eigenvalue weighted by Gasteiger charge is 2.20. The predicted octanol–water partition coefficient (Wildman–Crippen LogP) is 3.74. The van der Waals surface area contributed by atoms with Gasteiger partial charge in [0, 0.05) is 6.42 Å². The summed E-state index contributed by atoms with van der Waals surface area (Å²) in [5, 5.41) is 0. The number of aryl methyl sites for hydroxylation is 2. The minimum absolute atomic E-state index is 1.08. The highest BCUT2D eigenvalue weighted by atomic mass is 19.5. The Hall–Kier alpha value is -1.01. The number of rotatable bonds is 6. The molecule has 0 atom stereocenters. The number of hydrogen-bond donors (Lipinski definition) is 1. The average molecular weight is 268 g/mol. The summed E-state index contributed by atoms with van der Waals surface area (Å²) in [6, 6.07) is 0. The van der Waals surface area contributed by atoms with Crippen LogP contribution in [0.3, 0.4) is 0 Å². The Balaban J connectivity index is 0.000000494. The number of unbranched alkanes of at least 4 members (excludes halogenated alkanes) is 3. The molecule has 1 aromatic heterocycles. The summed E-state index contributed by atoms with van der Waals surface area (Å²) in [4.78, 5) is 3.30. The highest BCUT2D eigenvalue weighted by molar-refractivity contribution is 6.50. The lowest BCUT2D eigenvalue weighted by molar-refractivity contribution is -0.699. The third-order valence-corrected chi connectivity index (χ3v) is 2.46. The first-order valence-corrected chi connectivity index (χ1v) is 6.31. The number of halogens is 4. The molecule has 1 aromatic rings. The van der Waals surface area contributed by atoms with Gasteiger partial charge in [-0.1, -0.05) is 26.2 Å². The largest absolute Gasteiger partial charge is 0.673 e. The van der Waals surface area contributed by atoms with Gasteiger partial charge in [0.2, 0.25) is 0 Å². The molecule has 18 heavy (non-hydrogen) atoms. The minimum atomic E-state index is -6.00. The first-order chi connectivity index (χ1) is 8.38. The Bertz CT molecular complexity index is 306. The van der Waals surface area contributed by atoms with Gasteiger partial charge in [0.15, 0.2) is 0 Å². The van der Waals surface area contributed by atoms with Crippen LogP contribution < -0.4 is 4.57 Å². The molecule has 0 aromatic carbocycles. The maximum Gasteiger partial charge on any atom is 0.673 e. The van der Waals surface area contributed by atoms with Gasteiger partial charge in [0.1, 0.15) is 12.4 Å². The van der Waals surface area contributed by atoms with Gasteiger partial charge in [-0.2, -0.15) is 0 Å². The Morgan fingerprint density at radius 2 is 1.72 bits per heavy atom. The Kier molecular flexibility index (Phi) is 8.49. The molecule has 106 valence electrons. The molecule has 1 rings (SSSR count). The summed E-state index contributed by atoms with van der Waals surface area (Å²) in [6.45, 7) is 5.51. The fraction of sp³-hybridized carbons (Fsp3) is 0.727. The molecule has 0 saturated carbocycles. The molecule has 0 radical (unpaired) electrons. The van der Waals surface area contributed by atoms with E-state index in [1.807, 2.05) is 6.20 Å². The van der Waals surface area contributed by atoms with Crippen LogP contribution in [0, 0.1) is 0 Å². The Morgan fingerprint density at radius 3 is 2.22 bits per heavy atom. The van der Waals surface area contributed by atoms with E-state index in [4.69, 9.17) is 0 Å². The van der Waals surface area contributed by atoms with Crippen molar-refractivity contribution >= 4 is 7.25 Å². The standard InChI is InChI=1S/C11H20N2.BF4/c1-3-5-6-7-8-11-12-9-10-13(11)4-2;2-1(3,4)5/h9-10H,3-8H2,1-2H3;/q;-1/p+1. The van der Waals surface area contributed by atoms with Gasteiger partial charge in [-0.3, -0.25) is 0 Å². The number of imidazole rings is 1. The van der Waals surface area contributed by atoms with Gasteiger partial charge >= 0.3 is 7.25 Å². The average Bonchev–Trinajstić information content (AvgIpc) is 2.69. The molecule has 0 aliphatic carbocycles. The van der Waals surface area contributed by atoms with E-state index in [2.05, 4.69) is 29.6 Å². The van der Waals surface area contributed by atoms with Crippen LogP contribution in [0.4, 0.5) is 17.3 Å². The van der Waals surface area contributed by atoms with E-state index < -0.39 is 7.25 Å². The molecule has 0 saturated heterocycles. The first-order valence-electron chi connectivity index (χ1n) is 6.31. The van der Waals surface area contributed by atoms with Crippen molar-refractivity contribution in [3.63, 3.8) is 0 Å². The molecule has 0 aliphatic heterocycles. The van der Waals surface area contributed by atoms with Crippen LogP contribution in [0.25, 0.3) is 0 Å². The van der Waals surface area contributed by atoms with Gasteiger partial charge in [-0.15, -0.1) is 0 Å². The third kappa shape index (κ3) is 10.2. The summed E-state index contributed by atoms with van der Waals surface area (Å²) in [6.07, 6.45) is 10.7. The predicted molar refractivity (Wildman–Crippen MR) is 64.7 cm³/mol. The molecule has 0 amide bonds. The SMILES string of the molecule is CCCCCCc1[nH]cc[n+]1CC.F[B-](F)(F)F. The van der Waals surface area contributed by atoms with Crippen LogP contribution in [-0.4, -0.2) is 12.2 Å². The van der Waals surface area contributed by atoms with Crippen molar-refractivity contribution in [2.24, 2.45) is 0 Å². The molecule has 2 nitrogen and oxygen atoms in total. The molecule has 1 N–H and O–H groups in total. The Labute approximate surface area is 106 Å². The van der Waals surface area contributed by atoms with Crippen LogP contribution in [-0.2, 0) is 13.0 Å². The number of aromatic nitrogens is 2. The van der Waals surface area contributed by atoms with Crippen LogP contribution in [0.2, 0.25) is 0 Å². The summed E-state index contributed by atoms with van der Waals surface area (Å²) >= 11 is 0. The second-order valence-electron chi connectivity index (χ2n) is 4.00. The highest BCUT2D eigenvalue weighted by Crippen LogP contribution is 2.06. The van der Waals surface area contributed by atoms with E-state index in [-0.39, 0.29) is 0 Å². The van der Waals surface area contributed by atoms with Gasteiger partial charge < -0.3 is 17.3 Å². The molecule has 0 bridgehead atoms. The lowest BCUT2D eigenvalue weighted by atomic mass is 10.1. The van der Waals surface area contributed by atoms with Crippen molar-refractivity contribution < 1.29 is 21.8 Å². The van der Waals surface area contributed by atoms with E-state index in [9.17, 15) is 17.3 Å². The van der Waals surface area contributed by atoms with Crippen molar-refractivity contribution in [1.82, 2.24) is 4.98 Å². The number of nitrogens with one attached hydrogen (secondary N) is 1. The van der Waals surface area contributed by atoms with E-state index in [1.54, 1.807) is 0 Å². The molecule has 0 aliphatic rings. The van der Waals surface area contributed by atoms with Gasteiger partial charge in [-0.05, 0) is 13.3 Å². The molecule has 1 heterocycles. The van der Waals surface area contributed by atoms with Crippen LogP contribution in [0.15, 0.2) is 12.4 Å². The van der Waals surface area contributed by atoms with Crippen molar-refractivity contribution in [1.29, 1.82) is 0 Å². The number of aromatic amines is 1. The summed E-state index contributed by atoms with van der Waals surface area (Å²) in [5.41, 5.74) is 0. The van der Waals surface area contributed by atoms with E-state index in [1.165, 1.54) is 37.9 Å². The first kappa shape index (κ1) is 17.0. The fourth-order valence-electron chi connectivity index (χ4n) is 1.63. The van der Waals surface area contributed by atoms with Gasteiger partial charge in [0.25, 0.3) is 5.82 Å². The quantitative estimate of drug-likeness (QED) is 0.351.